The molecule has 0 aliphatic rings. The first-order valence-electron chi connectivity index (χ1n) is 11.5. The molecule has 0 fully saturated rings. The number of anilines is 2. The van der Waals surface area contributed by atoms with Crippen molar-refractivity contribution in [1.82, 2.24) is 9.97 Å². The van der Waals surface area contributed by atoms with Gasteiger partial charge in [-0.3, -0.25) is 4.79 Å². The van der Waals surface area contributed by atoms with Crippen molar-refractivity contribution in [3.05, 3.63) is 95.8 Å². The maximum Gasteiger partial charge on any atom is 0.309 e. The van der Waals surface area contributed by atoms with Crippen molar-refractivity contribution in [1.29, 1.82) is 0 Å². The molecule has 178 valence electrons. The molecular formula is C29H29N3O3. The SMILES string of the molecule is Cc1cc(CC(C)(C)C(=O)O)cc(Nc2cc(Oc3ccc(C)nc3-c3ccccc3)ccn2)c1. The third kappa shape index (κ3) is 6.03. The maximum absolute atomic E-state index is 11.6. The van der Waals surface area contributed by atoms with Crippen LogP contribution in [0.4, 0.5) is 11.5 Å². The topological polar surface area (TPSA) is 84.3 Å². The van der Waals surface area contributed by atoms with E-state index in [9.17, 15) is 9.90 Å². The smallest absolute Gasteiger partial charge is 0.309 e. The van der Waals surface area contributed by atoms with Crippen molar-refractivity contribution in [3.63, 3.8) is 0 Å². The Bertz CT molecular complexity index is 1350. The van der Waals surface area contributed by atoms with E-state index in [2.05, 4.69) is 10.3 Å². The second-order valence-electron chi connectivity index (χ2n) is 9.34. The van der Waals surface area contributed by atoms with Gasteiger partial charge in [0.05, 0.1) is 5.41 Å². The summed E-state index contributed by atoms with van der Waals surface area (Å²) in [6, 6.07) is 23.4. The lowest BCUT2D eigenvalue weighted by molar-refractivity contribution is -0.146. The van der Waals surface area contributed by atoms with Crippen LogP contribution in [-0.2, 0) is 11.2 Å². The van der Waals surface area contributed by atoms with Crippen molar-refractivity contribution >= 4 is 17.5 Å². The third-order valence-corrected chi connectivity index (χ3v) is 5.64. The number of aliphatic carboxylic acids is 1. The number of nitrogens with one attached hydrogen (secondary N) is 1. The summed E-state index contributed by atoms with van der Waals surface area (Å²) in [6.45, 7) is 7.41. The minimum atomic E-state index is -0.852. The van der Waals surface area contributed by atoms with Crippen LogP contribution >= 0.6 is 0 Å². The third-order valence-electron chi connectivity index (χ3n) is 5.64. The van der Waals surface area contributed by atoms with Crippen LogP contribution in [0.5, 0.6) is 11.5 Å². The number of aryl methyl sites for hydroxylation is 2. The molecule has 0 saturated heterocycles. The quantitative estimate of drug-likeness (QED) is 0.292. The number of carboxylic acid groups (broad SMARTS) is 1. The Hall–Kier alpha value is -4.19. The van der Waals surface area contributed by atoms with Crippen molar-refractivity contribution in [3.8, 4) is 22.8 Å². The number of hydrogen-bond donors (Lipinski definition) is 2. The molecule has 6 heteroatoms. The summed E-state index contributed by atoms with van der Waals surface area (Å²) in [5.74, 6) is 1.09. The summed E-state index contributed by atoms with van der Waals surface area (Å²) >= 11 is 0. The standard InChI is InChI=1S/C29H29N3O3/c1-19-14-21(18-29(3,4)28(33)34)16-23(15-19)32-26-17-24(12-13-30-26)35-25-11-10-20(2)31-27(25)22-8-6-5-7-9-22/h5-17H,18H2,1-4H3,(H,30,32)(H,33,34). The van der Waals surface area contributed by atoms with Crippen molar-refractivity contribution in [2.75, 3.05) is 5.32 Å². The molecule has 2 aromatic carbocycles. The maximum atomic E-state index is 11.6. The monoisotopic (exact) mass is 467 g/mol. The van der Waals surface area contributed by atoms with Gasteiger partial charge in [0, 0.05) is 29.2 Å². The van der Waals surface area contributed by atoms with Gasteiger partial charge in [-0.05, 0) is 75.6 Å². The van der Waals surface area contributed by atoms with Crippen LogP contribution in [0.15, 0.2) is 79.0 Å². The van der Waals surface area contributed by atoms with Gasteiger partial charge in [-0.25, -0.2) is 9.97 Å². The van der Waals surface area contributed by atoms with Gasteiger partial charge in [-0.2, -0.15) is 0 Å². The molecule has 4 rings (SSSR count). The first-order valence-corrected chi connectivity index (χ1v) is 11.5. The minimum Gasteiger partial charge on any atom is -0.481 e. The van der Waals surface area contributed by atoms with Crippen LogP contribution in [0, 0.1) is 19.3 Å². The number of hydrogen-bond acceptors (Lipinski definition) is 5. The molecule has 35 heavy (non-hydrogen) atoms. The predicted octanol–water partition coefficient (Wildman–Crippen LogP) is 6.95. The number of carbonyl (C=O) groups is 1. The molecule has 0 bridgehead atoms. The molecule has 4 aromatic rings. The van der Waals surface area contributed by atoms with Gasteiger partial charge in [0.25, 0.3) is 0 Å². The largest absolute Gasteiger partial charge is 0.481 e. The average molecular weight is 468 g/mol. The van der Waals surface area contributed by atoms with Gasteiger partial charge in [0.2, 0.25) is 0 Å². The summed E-state index contributed by atoms with van der Waals surface area (Å²) < 4.78 is 6.23. The zero-order chi connectivity index (χ0) is 25.0. The van der Waals surface area contributed by atoms with Crippen LogP contribution in [0.25, 0.3) is 11.3 Å². The normalized spacial score (nSPS) is 11.2. The van der Waals surface area contributed by atoms with E-state index in [1.807, 2.05) is 80.6 Å². The molecule has 2 heterocycles. The summed E-state index contributed by atoms with van der Waals surface area (Å²) in [4.78, 5) is 20.7. The second-order valence-corrected chi connectivity index (χ2v) is 9.34. The first kappa shape index (κ1) is 24.0. The first-order chi connectivity index (χ1) is 16.7. The van der Waals surface area contributed by atoms with E-state index in [0.29, 0.717) is 23.7 Å². The summed E-state index contributed by atoms with van der Waals surface area (Å²) in [6.07, 6.45) is 2.11. The number of carboxylic acids is 1. The molecule has 6 nitrogen and oxygen atoms in total. The second kappa shape index (κ2) is 9.97. The van der Waals surface area contributed by atoms with E-state index in [0.717, 1.165) is 33.8 Å². The Labute approximate surface area is 205 Å². The number of nitrogens with zero attached hydrogens (tertiary/aromatic N) is 2. The molecule has 0 saturated carbocycles. The molecule has 0 unspecified atom stereocenters. The van der Waals surface area contributed by atoms with Gasteiger partial charge < -0.3 is 15.2 Å². The molecule has 0 amide bonds. The molecule has 2 N–H and O–H groups in total. The van der Waals surface area contributed by atoms with Gasteiger partial charge >= 0.3 is 5.97 Å². The van der Waals surface area contributed by atoms with Crippen LogP contribution in [0.2, 0.25) is 0 Å². The van der Waals surface area contributed by atoms with Crippen LogP contribution in [0.3, 0.4) is 0 Å². The van der Waals surface area contributed by atoms with E-state index in [4.69, 9.17) is 9.72 Å². The Morgan fingerprint density at radius 3 is 2.51 bits per heavy atom. The van der Waals surface area contributed by atoms with E-state index in [-0.39, 0.29) is 0 Å². The van der Waals surface area contributed by atoms with E-state index < -0.39 is 11.4 Å². The van der Waals surface area contributed by atoms with E-state index in [1.54, 1.807) is 26.1 Å². The fourth-order valence-corrected chi connectivity index (χ4v) is 3.87. The molecule has 0 aliphatic heterocycles. The Kier molecular flexibility index (Phi) is 6.82. The van der Waals surface area contributed by atoms with Gasteiger partial charge in [0.15, 0.2) is 5.75 Å². The highest BCUT2D eigenvalue weighted by molar-refractivity contribution is 5.74. The van der Waals surface area contributed by atoms with Gasteiger partial charge in [0.1, 0.15) is 17.3 Å². The molecule has 0 spiro atoms. The zero-order valence-corrected chi connectivity index (χ0v) is 20.4. The van der Waals surface area contributed by atoms with Gasteiger partial charge in [-0.15, -0.1) is 0 Å². The summed E-state index contributed by atoms with van der Waals surface area (Å²) in [5.41, 5.74) is 4.65. The molecule has 0 radical (unpaired) electrons. The predicted molar refractivity (Wildman–Crippen MR) is 138 cm³/mol. The van der Waals surface area contributed by atoms with Crippen molar-refractivity contribution in [2.24, 2.45) is 5.41 Å². The van der Waals surface area contributed by atoms with E-state index in [1.165, 1.54) is 0 Å². The Balaban J connectivity index is 1.57. The molecule has 2 aromatic heterocycles. The lowest BCUT2D eigenvalue weighted by Crippen LogP contribution is -2.26. The molecular weight excluding hydrogens is 438 g/mol. The van der Waals surface area contributed by atoms with Crippen LogP contribution in [0.1, 0.15) is 30.7 Å². The zero-order valence-electron chi connectivity index (χ0n) is 20.4. The number of aromatic nitrogens is 2. The van der Waals surface area contributed by atoms with Crippen molar-refractivity contribution in [2.45, 2.75) is 34.1 Å². The average Bonchev–Trinajstić information content (AvgIpc) is 2.80. The fourth-order valence-electron chi connectivity index (χ4n) is 3.87. The lowest BCUT2D eigenvalue weighted by Gasteiger charge is -2.20. The highest BCUT2D eigenvalue weighted by atomic mass is 16.5. The fraction of sp³-hybridized carbons (Fsp3) is 0.207. The van der Waals surface area contributed by atoms with Crippen LogP contribution < -0.4 is 10.1 Å². The van der Waals surface area contributed by atoms with Crippen LogP contribution in [-0.4, -0.2) is 21.0 Å². The number of ether oxygens (including phenoxy) is 1. The van der Waals surface area contributed by atoms with Gasteiger partial charge in [-0.1, -0.05) is 36.4 Å². The lowest BCUT2D eigenvalue weighted by atomic mass is 9.85. The number of pyridine rings is 2. The molecule has 0 aliphatic carbocycles. The number of rotatable bonds is 8. The highest BCUT2D eigenvalue weighted by Gasteiger charge is 2.27. The summed E-state index contributed by atoms with van der Waals surface area (Å²) in [7, 11) is 0. The van der Waals surface area contributed by atoms with Crippen molar-refractivity contribution < 1.29 is 14.6 Å². The molecule has 0 atom stereocenters. The number of benzene rings is 2. The Morgan fingerprint density at radius 1 is 1.00 bits per heavy atom. The highest BCUT2D eigenvalue weighted by Crippen LogP contribution is 2.33. The Morgan fingerprint density at radius 2 is 1.77 bits per heavy atom. The van der Waals surface area contributed by atoms with E-state index >= 15 is 0 Å². The minimum absolute atomic E-state index is 0.429. The summed E-state index contributed by atoms with van der Waals surface area (Å²) in [5, 5.41) is 12.8.